The number of rotatable bonds is 6. The fourth-order valence-corrected chi connectivity index (χ4v) is 1.50. The third-order valence-corrected chi connectivity index (χ3v) is 2.71. The van der Waals surface area contributed by atoms with Crippen LogP contribution in [0.2, 0.25) is 0 Å². The van der Waals surface area contributed by atoms with Crippen molar-refractivity contribution in [2.24, 2.45) is 0 Å². The maximum atomic E-state index is 13.3. The molecule has 1 aromatic rings. The maximum absolute atomic E-state index is 13.3. The van der Waals surface area contributed by atoms with Crippen LogP contribution < -0.4 is 4.74 Å². The molecule has 0 radical (unpaired) electrons. The zero-order valence-corrected chi connectivity index (χ0v) is 11.3. The Balaban J connectivity index is 2.93. The first kappa shape index (κ1) is 14.8. The molecule has 100 valence electrons. The van der Waals surface area contributed by atoms with Crippen molar-refractivity contribution in [2.75, 3.05) is 20.8 Å². The number of halogens is 2. The van der Waals surface area contributed by atoms with E-state index in [9.17, 15) is 14.5 Å². The lowest BCUT2D eigenvalue weighted by Crippen LogP contribution is -2.22. The van der Waals surface area contributed by atoms with Crippen molar-refractivity contribution < 1.29 is 23.5 Å². The molecule has 0 heterocycles. The number of methoxy groups -OCH3 is 2. The summed E-state index contributed by atoms with van der Waals surface area (Å²) in [7, 11) is 2.79. The van der Waals surface area contributed by atoms with Gasteiger partial charge in [-0.25, -0.2) is 4.39 Å². The Labute approximate surface area is 111 Å². The summed E-state index contributed by atoms with van der Waals surface area (Å²) in [6, 6.07) is 1.98. The molecule has 1 aromatic carbocycles. The molecular formula is C10H11BrFNO5. The van der Waals surface area contributed by atoms with Gasteiger partial charge in [0.25, 0.3) is 0 Å². The summed E-state index contributed by atoms with van der Waals surface area (Å²) in [6.45, 7) is -0.0884. The second-order valence-electron chi connectivity index (χ2n) is 3.20. The van der Waals surface area contributed by atoms with Gasteiger partial charge in [0.2, 0.25) is 0 Å². The van der Waals surface area contributed by atoms with E-state index in [2.05, 4.69) is 15.9 Å². The van der Waals surface area contributed by atoms with Gasteiger partial charge in [-0.2, -0.15) is 0 Å². The van der Waals surface area contributed by atoms with Gasteiger partial charge in [0, 0.05) is 26.4 Å². The topological polar surface area (TPSA) is 70.8 Å². The zero-order chi connectivity index (χ0) is 13.7. The van der Waals surface area contributed by atoms with Crippen LogP contribution in [0.3, 0.4) is 0 Å². The number of hydrogen-bond acceptors (Lipinski definition) is 5. The van der Waals surface area contributed by atoms with Gasteiger partial charge in [0.15, 0.2) is 12.0 Å². The molecule has 1 rings (SSSR count). The van der Waals surface area contributed by atoms with Crippen molar-refractivity contribution >= 4 is 21.6 Å². The predicted molar refractivity (Wildman–Crippen MR) is 64.1 cm³/mol. The van der Waals surface area contributed by atoms with Gasteiger partial charge >= 0.3 is 5.69 Å². The van der Waals surface area contributed by atoms with E-state index in [0.717, 1.165) is 12.1 Å². The fraction of sp³-hybridized carbons (Fsp3) is 0.400. The van der Waals surface area contributed by atoms with Gasteiger partial charge in [0.05, 0.1) is 9.40 Å². The van der Waals surface area contributed by atoms with Crippen LogP contribution in [-0.2, 0) is 9.47 Å². The third kappa shape index (κ3) is 3.62. The highest BCUT2D eigenvalue weighted by molar-refractivity contribution is 9.10. The van der Waals surface area contributed by atoms with Crippen molar-refractivity contribution in [1.29, 1.82) is 0 Å². The van der Waals surface area contributed by atoms with E-state index < -0.39 is 17.0 Å². The third-order valence-electron chi connectivity index (χ3n) is 2.10. The monoisotopic (exact) mass is 323 g/mol. The van der Waals surface area contributed by atoms with Crippen LogP contribution >= 0.6 is 15.9 Å². The highest BCUT2D eigenvalue weighted by Crippen LogP contribution is 2.32. The summed E-state index contributed by atoms with van der Waals surface area (Å²) < 4.78 is 28.1. The molecule has 0 saturated heterocycles. The number of hydrogen-bond donors (Lipinski definition) is 0. The Kier molecular flexibility index (Phi) is 5.45. The molecule has 0 spiro atoms. The lowest BCUT2D eigenvalue weighted by molar-refractivity contribution is -0.386. The van der Waals surface area contributed by atoms with Crippen molar-refractivity contribution in [2.45, 2.75) is 6.29 Å². The lowest BCUT2D eigenvalue weighted by atomic mass is 10.3. The minimum atomic E-state index is -0.684. The standard InChI is InChI=1S/C10H11BrFNO5/c1-16-10(17-2)5-18-9-4-7(12)6(11)3-8(9)13(14)15/h3-4,10H,5H2,1-2H3. The van der Waals surface area contributed by atoms with Crippen LogP contribution in [0.25, 0.3) is 0 Å². The molecule has 0 aliphatic carbocycles. The molecule has 0 amide bonds. The normalized spacial score (nSPS) is 10.7. The average molecular weight is 324 g/mol. The van der Waals surface area contributed by atoms with Crippen LogP contribution in [0.4, 0.5) is 10.1 Å². The van der Waals surface area contributed by atoms with Gasteiger partial charge in [0.1, 0.15) is 12.4 Å². The molecule has 8 heteroatoms. The highest BCUT2D eigenvalue weighted by atomic mass is 79.9. The maximum Gasteiger partial charge on any atom is 0.312 e. The summed E-state index contributed by atoms with van der Waals surface area (Å²) >= 11 is 2.87. The molecule has 0 unspecified atom stereocenters. The molecule has 0 atom stereocenters. The number of nitro groups is 1. The van der Waals surface area contributed by atoms with E-state index >= 15 is 0 Å². The Bertz CT molecular complexity index is 439. The second kappa shape index (κ2) is 6.62. The SMILES string of the molecule is COC(COc1cc(F)c(Br)cc1[N+](=O)[O-])OC. The highest BCUT2D eigenvalue weighted by Gasteiger charge is 2.20. The summed E-state index contributed by atoms with van der Waals surface area (Å²) in [4.78, 5) is 10.1. The van der Waals surface area contributed by atoms with Crippen molar-refractivity contribution in [3.63, 3.8) is 0 Å². The van der Waals surface area contributed by atoms with Crippen molar-refractivity contribution in [1.82, 2.24) is 0 Å². The minimum Gasteiger partial charge on any atom is -0.481 e. The zero-order valence-electron chi connectivity index (χ0n) is 9.68. The molecule has 0 aromatic heterocycles. The second-order valence-corrected chi connectivity index (χ2v) is 4.06. The van der Waals surface area contributed by atoms with Gasteiger partial charge < -0.3 is 14.2 Å². The van der Waals surface area contributed by atoms with Gasteiger partial charge in [-0.3, -0.25) is 10.1 Å². The molecule has 0 bridgehead atoms. The van der Waals surface area contributed by atoms with E-state index in [4.69, 9.17) is 14.2 Å². The van der Waals surface area contributed by atoms with Crippen LogP contribution in [-0.4, -0.2) is 32.0 Å². The first-order valence-corrected chi connectivity index (χ1v) is 5.60. The molecule has 0 aliphatic rings. The Morgan fingerprint density at radius 2 is 2.06 bits per heavy atom. The average Bonchev–Trinajstić information content (AvgIpc) is 2.34. The molecule has 0 fully saturated rings. The summed E-state index contributed by atoms with van der Waals surface area (Å²) in [5.74, 6) is -0.832. The number of nitro benzene ring substituents is 1. The molecule has 0 N–H and O–H groups in total. The predicted octanol–water partition coefficient (Wildman–Crippen LogP) is 2.49. The fourth-order valence-electron chi connectivity index (χ4n) is 1.17. The molecule has 0 aliphatic heterocycles. The van der Waals surface area contributed by atoms with Crippen LogP contribution in [0.5, 0.6) is 5.75 Å². The van der Waals surface area contributed by atoms with E-state index in [1.807, 2.05) is 0 Å². The number of nitrogens with zero attached hydrogens (tertiary/aromatic N) is 1. The quantitative estimate of drug-likeness (QED) is 0.457. The number of ether oxygens (including phenoxy) is 3. The number of benzene rings is 1. The molecule has 6 nitrogen and oxygen atoms in total. The Hall–Kier alpha value is -1.25. The van der Waals surface area contributed by atoms with Crippen LogP contribution in [0.1, 0.15) is 0 Å². The van der Waals surface area contributed by atoms with E-state index in [0.29, 0.717) is 0 Å². The summed E-state index contributed by atoms with van der Waals surface area (Å²) in [5.41, 5.74) is -0.339. The molecule has 18 heavy (non-hydrogen) atoms. The van der Waals surface area contributed by atoms with Gasteiger partial charge in [-0.05, 0) is 15.9 Å². The van der Waals surface area contributed by atoms with E-state index in [1.165, 1.54) is 14.2 Å². The van der Waals surface area contributed by atoms with Crippen molar-refractivity contribution in [3.05, 3.63) is 32.5 Å². The first-order valence-electron chi connectivity index (χ1n) is 4.81. The Morgan fingerprint density at radius 3 is 2.56 bits per heavy atom. The largest absolute Gasteiger partial charge is 0.481 e. The van der Waals surface area contributed by atoms with Crippen LogP contribution in [0, 0.1) is 15.9 Å². The summed E-state index contributed by atoms with van der Waals surface area (Å²) in [6.07, 6.45) is -0.684. The molecular weight excluding hydrogens is 313 g/mol. The molecule has 0 saturated carbocycles. The van der Waals surface area contributed by atoms with E-state index in [1.54, 1.807) is 0 Å². The van der Waals surface area contributed by atoms with Gasteiger partial charge in [-0.1, -0.05) is 0 Å². The first-order chi connectivity index (χ1) is 8.49. The lowest BCUT2D eigenvalue weighted by Gasteiger charge is -2.14. The van der Waals surface area contributed by atoms with E-state index in [-0.39, 0.29) is 22.5 Å². The van der Waals surface area contributed by atoms with Crippen LogP contribution in [0.15, 0.2) is 16.6 Å². The Morgan fingerprint density at radius 1 is 1.44 bits per heavy atom. The van der Waals surface area contributed by atoms with Crippen molar-refractivity contribution in [3.8, 4) is 5.75 Å². The summed E-state index contributed by atoms with van der Waals surface area (Å²) in [5, 5.41) is 10.8. The van der Waals surface area contributed by atoms with Gasteiger partial charge in [-0.15, -0.1) is 0 Å². The minimum absolute atomic E-state index is 0.00316. The smallest absolute Gasteiger partial charge is 0.312 e.